The summed E-state index contributed by atoms with van der Waals surface area (Å²) < 4.78 is 10.00. The van der Waals surface area contributed by atoms with E-state index in [4.69, 9.17) is 4.42 Å². The highest BCUT2D eigenvalue weighted by Gasteiger charge is 2.16. The Balaban J connectivity index is 1.20. The van der Waals surface area contributed by atoms with Crippen LogP contribution in [0.3, 0.4) is 0 Å². The number of rotatable bonds is 8. The van der Waals surface area contributed by atoms with Gasteiger partial charge in [0.1, 0.15) is 5.82 Å². The maximum absolute atomic E-state index is 12.3. The van der Waals surface area contributed by atoms with Crippen LogP contribution < -0.4 is 16.8 Å². The maximum atomic E-state index is 12.3. The van der Waals surface area contributed by atoms with Gasteiger partial charge in [-0.2, -0.15) is 5.10 Å². The SMILES string of the molecule is O=C(CCCn1c(=O)oc2ccccc21)NCCCn1nc2n(c1=O)CCCC2. The molecule has 9 heteroatoms. The van der Waals surface area contributed by atoms with E-state index in [-0.39, 0.29) is 11.6 Å². The van der Waals surface area contributed by atoms with Crippen LogP contribution in [0.2, 0.25) is 0 Å². The molecule has 9 nitrogen and oxygen atoms in total. The second kappa shape index (κ2) is 8.50. The number of aryl methyl sites for hydroxylation is 3. The van der Waals surface area contributed by atoms with Crippen molar-refractivity contribution in [3.05, 3.63) is 51.1 Å². The molecule has 0 aliphatic carbocycles. The predicted molar refractivity (Wildman–Crippen MR) is 107 cm³/mol. The Kier molecular flexibility index (Phi) is 5.64. The first-order valence-corrected chi connectivity index (χ1v) is 10.1. The zero-order valence-corrected chi connectivity index (χ0v) is 16.3. The number of nitrogens with zero attached hydrogens (tertiary/aromatic N) is 4. The van der Waals surface area contributed by atoms with Gasteiger partial charge in [0.2, 0.25) is 5.91 Å². The fraction of sp³-hybridized carbons (Fsp3) is 0.500. The summed E-state index contributed by atoms with van der Waals surface area (Å²) in [6, 6.07) is 7.25. The van der Waals surface area contributed by atoms with Crippen LogP contribution in [0.25, 0.3) is 11.1 Å². The van der Waals surface area contributed by atoms with Crippen molar-refractivity contribution in [2.45, 2.75) is 58.2 Å². The van der Waals surface area contributed by atoms with E-state index in [0.717, 1.165) is 37.1 Å². The summed E-state index contributed by atoms with van der Waals surface area (Å²) in [6.45, 7) is 2.16. The lowest BCUT2D eigenvalue weighted by Crippen LogP contribution is -2.29. The molecule has 0 unspecified atom stereocenters. The van der Waals surface area contributed by atoms with Gasteiger partial charge in [-0.05, 0) is 37.8 Å². The average Bonchev–Trinajstić information content (AvgIpc) is 3.22. The summed E-state index contributed by atoms with van der Waals surface area (Å²) in [5.41, 5.74) is 1.24. The van der Waals surface area contributed by atoms with Gasteiger partial charge in [-0.15, -0.1) is 0 Å². The predicted octanol–water partition coefficient (Wildman–Crippen LogP) is 1.28. The number of hydrogen-bond donors (Lipinski definition) is 1. The van der Waals surface area contributed by atoms with E-state index in [1.54, 1.807) is 15.2 Å². The standard InChI is InChI=1S/C20H25N5O4/c26-18(10-5-13-23-15-7-1-2-8-16(15)29-20(23)28)21-11-6-14-25-19(27)24-12-4-3-9-17(24)22-25/h1-2,7-8H,3-6,9-14H2,(H,21,26). The molecule has 1 aliphatic heterocycles. The lowest BCUT2D eigenvalue weighted by molar-refractivity contribution is -0.121. The third-order valence-corrected chi connectivity index (χ3v) is 5.26. The fourth-order valence-electron chi connectivity index (χ4n) is 3.76. The highest BCUT2D eigenvalue weighted by Crippen LogP contribution is 2.12. The van der Waals surface area contributed by atoms with Gasteiger partial charge < -0.3 is 9.73 Å². The normalized spacial score (nSPS) is 13.5. The number of fused-ring (bicyclic) bond motifs is 2. The van der Waals surface area contributed by atoms with E-state index >= 15 is 0 Å². The molecule has 2 aromatic heterocycles. The second-order valence-corrected chi connectivity index (χ2v) is 7.33. The van der Waals surface area contributed by atoms with Crippen molar-refractivity contribution in [3.8, 4) is 0 Å². The second-order valence-electron chi connectivity index (χ2n) is 7.33. The van der Waals surface area contributed by atoms with Crippen molar-refractivity contribution in [3.63, 3.8) is 0 Å². The number of amides is 1. The van der Waals surface area contributed by atoms with Crippen molar-refractivity contribution >= 4 is 17.0 Å². The maximum Gasteiger partial charge on any atom is 0.419 e. The summed E-state index contributed by atoms with van der Waals surface area (Å²) in [7, 11) is 0. The van der Waals surface area contributed by atoms with Crippen LogP contribution in [-0.4, -0.2) is 31.4 Å². The smallest absolute Gasteiger partial charge is 0.408 e. The van der Waals surface area contributed by atoms with Crippen LogP contribution in [-0.2, 0) is 30.8 Å². The van der Waals surface area contributed by atoms with Crippen LogP contribution in [0, 0.1) is 0 Å². The van der Waals surface area contributed by atoms with Crippen LogP contribution in [0.4, 0.5) is 0 Å². The molecule has 1 aromatic carbocycles. The van der Waals surface area contributed by atoms with E-state index in [1.165, 1.54) is 4.68 Å². The molecule has 3 heterocycles. The Morgan fingerprint density at radius 3 is 2.86 bits per heavy atom. The van der Waals surface area contributed by atoms with Gasteiger partial charge in [0.15, 0.2) is 5.58 Å². The number of nitrogens with one attached hydrogen (secondary N) is 1. The minimum atomic E-state index is -0.403. The minimum Gasteiger partial charge on any atom is -0.408 e. The summed E-state index contributed by atoms with van der Waals surface area (Å²) in [5.74, 6) is 0.398. The summed E-state index contributed by atoms with van der Waals surface area (Å²) in [4.78, 5) is 36.2. The first kappa shape index (κ1) is 19.2. The molecule has 1 amide bonds. The van der Waals surface area contributed by atoms with Crippen molar-refractivity contribution in [1.29, 1.82) is 0 Å². The Morgan fingerprint density at radius 1 is 1.14 bits per heavy atom. The molecule has 0 saturated heterocycles. The lowest BCUT2D eigenvalue weighted by atomic mass is 10.2. The van der Waals surface area contributed by atoms with E-state index in [2.05, 4.69) is 10.4 Å². The highest BCUT2D eigenvalue weighted by molar-refractivity contribution is 5.76. The van der Waals surface area contributed by atoms with Crippen LogP contribution in [0.1, 0.15) is 37.9 Å². The zero-order valence-electron chi connectivity index (χ0n) is 16.3. The molecular weight excluding hydrogens is 374 g/mol. The van der Waals surface area contributed by atoms with Crippen molar-refractivity contribution < 1.29 is 9.21 Å². The Bertz CT molecular complexity index is 1120. The Hall–Kier alpha value is -3.10. The molecule has 29 heavy (non-hydrogen) atoms. The van der Waals surface area contributed by atoms with Gasteiger partial charge in [-0.1, -0.05) is 12.1 Å². The van der Waals surface area contributed by atoms with Crippen LogP contribution >= 0.6 is 0 Å². The summed E-state index contributed by atoms with van der Waals surface area (Å²) in [5, 5.41) is 7.26. The van der Waals surface area contributed by atoms with E-state index in [1.807, 2.05) is 18.2 Å². The molecule has 154 valence electrons. The first-order valence-electron chi connectivity index (χ1n) is 10.1. The first-order chi connectivity index (χ1) is 14.1. The van der Waals surface area contributed by atoms with Gasteiger partial charge in [0, 0.05) is 39.0 Å². The highest BCUT2D eigenvalue weighted by atomic mass is 16.4. The Morgan fingerprint density at radius 2 is 2.00 bits per heavy atom. The summed E-state index contributed by atoms with van der Waals surface area (Å²) in [6.07, 6.45) is 4.47. The van der Waals surface area contributed by atoms with Crippen LogP contribution in [0.15, 0.2) is 38.3 Å². The average molecular weight is 399 g/mol. The zero-order chi connectivity index (χ0) is 20.2. The quantitative estimate of drug-likeness (QED) is 0.575. The number of oxazole rings is 1. The molecule has 0 atom stereocenters. The van der Waals surface area contributed by atoms with Gasteiger partial charge in [0.05, 0.1) is 5.52 Å². The number of para-hydroxylation sites is 2. The van der Waals surface area contributed by atoms with E-state index in [0.29, 0.717) is 44.5 Å². The molecule has 0 radical (unpaired) electrons. The van der Waals surface area contributed by atoms with Gasteiger partial charge >= 0.3 is 11.4 Å². The largest absolute Gasteiger partial charge is 0.419 e. The van der Waals surface area contributed by atoms with Crippen molar-refractivity contribution in [2.24, 2.45) is 0 Å². The number of carbonyl (C=O) groups excluding carboxylic acids is 1. The van der Waals surface area contributed by atoms with Crippen LogP contribution in [0.5, 0.6) is 0 Å². The molecule has 0 saturated carbocycles. The lowest BCUT2D eigenvalue weighted by Gasteiger charge is -2.09. The topological polar surface area (TPSA) is 104 Å². The molecule has 4 rings (SSSR count). The Labute approximate surface area is 166 Å². The van der Waals surface area contributed by atoms with Gasteiger partial charge in [-0.25, -0.2) is 14.3 Å². The number of carbonyl (C=O) groups is 1. The molecule has 3 aromatic rings. The number of benzene rings is 1. The molecule has 0 bridgehead atoms. The molecule has 0 spiro atoms. The van der Waals surface area contributed by atoms with E-state index in [9.17, 15) is 14.4 Å². The van der Waals surface area contributed by atoms with Crippen molar-refractivity contribution in [1.82, 2.24) is 24.2 Å². The van der Waals surface area contributed by atoms with Crippen molar-refractivity contribution in [2.75, 3.05) is 6.54 Å². The van der Waals surface area contributed by atoms with Gasteiger partial charge in [-0.3, -0.25) is 13.9 Å². The third-order valence-electron chi connectivity index (χ3n) is 5.26. The molecular formula is C20H25N5O4. The fourth-order valence-corrected chi connectivity index (χ4v) is 3.76. The number of aromatic nitrogens is 4. The molecule has 0 fully saturated rings. The van der Waals surface area contributed by atoms with E-state index < -0.39 is 5.76 Å². The minimum absolute atomic E-state index is 0.0520. The number of hydrogen-bond acceptors (Lipinski definition) is 5. The summed E-state index contributed by atoms with van der Waals surface area (Å²) >= 11 is 0. The third kappa shape index (κ3) is 4.18. The molecule has 1 N–H and O–H groups in total. The monoisotopic (exact) mass is 399 g/mol. The molecule has 1 aliphatic rings. The van der Waals surface area contributed by atoms with Gasteiger partial charge in [0.25, 0.3) is 0 Å².